The van der Waals surface area contributed by atoms with Crippen LogP contribution in [-0.2, 0) is 30.3 Å². The van der Waals surface area contributed by atoms with E-state index in [0.717, 1.165) is 0 Å². The molecular weight excluding hydrogens is 428 g/mol. The number of rotatable bonds is 12. The van der Waals surface area contributed by atoms with Crippen LogP contribution >= 0.6 is 0 Å². The minimum absolute atomic E-state index is 0.0652. The molecule has 1 heterocycles. The molecule has 0 spiro atoms. The van der Waals surface area contributed by atoms with E-state index in [2.05, 4.69) is 16.0 Å². The van der Waals surface area contributed by atoms with Gasteiger partial charge in [0.25, 0.3) is 11.8 Å². The molecule has 182 valence electrons. The van der Waals surface area contributed by atoms with Crippen molar-refractivity contribution in [3.8, 4) is 5.75 Å². The quantitative estimate of drug-likeness (QED) is 0.274. The fourth-order valence-electron chi connectivity index (χ4n) is 3.24. The molecule has 1 saturated heterocycles. The number of amides is 4. The number of epoxide rings is 1. The predicted molar refractivity (Wildman–Crippen MR) is 121 cm³/mol. The van der Waals surface area contributed by atoms with Crippen molar-refractivity contribution in [3.05, 3.63) is 29.8 Å². The molecule has 0 saturated carbocycles. The second-order valence-corrected chi connectivity index (χ2v) is 9.14. The number of primary amides is 1. The number of ether oxygens (including phenoxy) is 1. The first-order chi connectivity index (χ1) is 15.5. The van der Waals surface area contributed by atoms with Gasteiger partial charge in [-0.2, -0.15) is 0 Å². The molecule has 6 N–H and O–H groups in total. The number of hydrogen-bond acceptors (Lipinski definition) is 6. The summed E-state index contributed by atoms with van der Waals surface area (Å²) in [5, 5.41) is 17.4. The van der Waals surface area contributed by atoms with Crippen LogP contribution in [0.5, 0.6) is 5.75 Å². The SMILES string of the molecule is CC(C)CNC(=O)[C@H]1O[C@@H]1C(=O)N[C@@H](CC(C)C)C(=O)N[C@@H](Cc1ccc(O)cc1)C(N)=O. The third-order valence-corrected chi connectivity index (χ3v) is 5.07. The van der Waals surface area contributed by atoms with E-state index in [9.17, 15) is 24.3 Å². The molecule has 0 bridgehead atoms. The van der Waals surface area contributed by atoms with E-state index >= 15 is 0 Å². The monoisotopic (exact) mass is 462 g/mol. The first-order valence-electron chi connectivity index (χ1n) is 11.1. The van der Waals surface area contributed by atoms with Gasteiger partial charge in [0, 0.05) is 13.0 Å². The predicted octanol–water partition coefficient (Wildman–Crippen LogP) is -0.0247. The summed E-state index contributed by atoms with van der Waals surface area (Å²) in [6.45, 7) is 8.16. The summed E-state index contributed by atoms with van der Waals surface area (Å²) in [4.78, 5) is 49.5. The minimum atomic E-state index is -1.000. The lowest BCUT2D eigenvalue weighted by atomic mass is 10.0. The van der Waals surface area contributed by atoms with E-state index in [1.54, 1.807) is 12.1 Å². The van der Waals surface area contributed by atoms with Crippen LogP contribution in [0.3, 0.4) is 0 Å². The lowest BCUT2D eigenvalue weighted by molar-refractivity contribution is -0.132. The fourth-order valence-corrected chi connectivity index (χ4v) is 3.24. The van der Waals surface area contributed by atoms with E-state index in [1.807, 2.05) is 27.7 Å². The first-order valence-corrected chi connectivity index (χ1v) is 11.1. The zero-order valence-electron chi connectivity index (χ0n) is 19.5. The lowest BCUT2D eigenvalue weighted by Crippen LogP contribution is -2.54. The van der Waals surface area contributed by atoms with E-state index in [-0.39, 0.29) is 29.9 Å². The summed E-state index contributed by atoms with van der Waals surface area (Å²) in [7, 11) is 0. The van der Waals surface area contributed by atoms with Crippen LogP contribution < -0.4 is 21.7 Å². The van der Waals surface area contributed by atoms with Crippen molar-refractivity contribution in [2.24, 2.45) is 17.6 Å². The van der Waals surface area contributed by atoms with Crippen molar-refractivity contribution >= 4 is 23.6 Å². The number of carbonyl (C=O) groups is 4. The summed E-state index contributed by atoms with van der Waals surface area (Å²) in [6, 6.07) is 4.27. The molecule has 4 amide bonds. The Balaban J connectivity index is 1.99. The molecule has 1 aliphatic heterocycles. The molecule has 10 nitrogen and oxygen atoms in total. The Morgan fingerprint density at radius 3 is 2.09 bits per heavy atom. The van der Waals surface area contributed by atoms with Crippen molar-refractivity contribution < 1.29 is 29.0 Å². The topological polar surface area (TPSA) is 163 Å². The maximum atomic E-state index is 12.9. The zero-order chi connectivity index (χ0) is 24.7. The molecule has 1 aromatic rings. The molecule has 33 heavy (non-hydrogen) atoms. The van der Waals surface area contributed by atoms with Gasteiger partial charge in [0.1, 0.15) is 17.8 Å². The highest BCUT2D eigenvalue weighted by Crippen LogP contribution is 2.23. The third kappa shape index (κ3) is 8.38. The number of phenols is 1. The van der Waals surface area contributed by atoms with Gasteiger partial charge in [-0.1, -0.05) is 39.8 Å². The number of nitrogens with two attached hydrogens (primary N) is 1. The average Bonchev–Trinajstić information content (AvgIpc) is 3.53. The zero-order valence-corrected chi connectivity index (χ0v) is 19.5. The maximum absolute atomic E-state index is 12.9. The minimum Gasteiger partial charge on any atom is -0.508 e. The van der Waals surface area contributed by atoms with Gasteiger partial charge in [-0.25, -0.2) is 0 Å². The average molecular weight is 463 g/mol. The Morgan fingerprint density at radius 2 is 1.55 bits per heavy atom. The highest BCUT2D eigenvalue weighted by Gasteiger charge is 2.51. The Morgan fingerprint density at radius 1 is 0.939 bits per heavy atom. The fraction of sp³-hybridized carbons (Fsp3) is 0.565. The first kappa shape index (κ1) is 26.1. The van der Waals surface area contributed by atoms with Gasteiger partial charge in [0.2, 0.25) is 11.8 Å². The van der Waals surface area contributed by atoms with Crippen LogP contribution in [-0.4, -0.2) is 59.6 Å². The van der Waals surface area contributed by atoms with Gasteiger partial charge in [-0.05, 0) is 36.0 Å². The van der Waals surface area contributed by atoms with Crippen LogP contribution in [0.15, 0.2) is 24.3 Å². The van der Waals surface area contributed by atoms with Gasteiger partial charge < -0.3 is 31.5 Å². The highest BCUT2D eigenvalue weighted by molar-refractivity contribution is 5.97. The van der Waals surface area contributed by atoms with Crippen LogP contribution in [0.2, 0.25) is 0 Å². The third-order valence-electron chi connectivity index (χ3n) is 5.07. The lowest BCUT2D eigenvalue weighted by Gasteiger charge is -2.23. The van der Waals surface area contributed by atoms with Crippen molar-refractivity contribution in [2.75, 3.05) is 6.54 Å². The van der Waals surface area contributed by atoms with Crippen molar-refractivity contribution in [1.29, 1.82) is 0 Å². The van der Waals surface area contributed by atoms with Gasteiger partial charge >= 0.3 is 0 Å². The number of hydrogen-bond donors (Lipinski definition) is 5. The number of benzene rings is 1. The van der Waals surface area contributed by atoms with E-state index < -0.39 is 42.0 Å². The second-order valence-electron chi connectivity index (χ2n) is 9.14. The summed E-state index contributed by atoms with van der Waals surface area (Å²) in [5.74, 6) is -1.79. The van der Waals surface area contributed by atoms with Crippen molar-refractivity contribution in [2.45, 2.75) is 64.8 Å². The normalized spacial score (nSPS) is 19.0. The second kappa shape index (κ2) is 11.6. The van der Waals surface area contributed by atoms with Crippen molar-refractivity contribution in [3.63, 3.8) is 0 Å². The molecule has 0 aliphatic carbocycles. The molecule has 1 fully saturated rings. The molecule has 1 aromatic carbocycles. The Kier molecular flexibility index (Phi) is 9.22. The highest BCUT2D eigenvalue weighted by atomic mass is 16.6. The van der Waals surface area contributed by atoms with Crippen LogP contribution in [0, 0.1) is 11.8 Å². The summed E-state index contributed by atoms with van der Waals surface area (Å²) in [6.07, 6.45) is -1.38. The van der Waals surface area contributed by atoms with E-state index in [4.69, 9.17) is 10.5 Å². The van der Waals surface area contributed by atoms with Gasteiger partial charge in [-0.3, -0.25) is 19.2 Å². The molecule has 4 atom stereocenters. The van der Waals surface area contributed by atoms with E-state index in [0.29, 0.717) is 18.5 Å². The van der Waals surface area contributed by atoms with Gasteiger partial charge in [0.15, 0.2) is 12.2 Å². The van der Waals surface area contributed by atoms with Gasteiger partial charge in [-0.15, -0.1) is 0 Å². The smallest absolute Gasteiger partial charge is 0.253 e. The van der Waals surface area contributed by atoms with E-state index in [1.165, 1.54) is 12.1 Å². The van der Waals surface area contributed by atoms with Gasteiger partial charge in [0.05, 0.1) is 0 Å². The number of carbonyl (C=O) groups excluding carboxylic acids is 4. The number of aromatic hydroxyl groups is 1. The van der Waals surface area contributed by atoms with Crippen LogP contribution in [0.4, 0.5) is 0 Å². The molecular formula is C23H34N4O6. The number of nitrogens with one attached hydrogen (secondary N) is 3. The Bertz CT molecular complexity index is 855. The van der Waals surface area contributed by atoms with Crippen LogP contribution in [0.1, 0.15) is 39.7 Å². The molecule has 1 aliphatic rings. The molecule has 0 radical (unpaired) electrons. The molecule has 2 rings (SSSR count). The Labute approximate surface area is 193 Å². The molecule has 0 aromatic heterocycles. The maximum Gasteiger partial charge on any atom is 0.253 e. The summed E-state index contributed by atoms with van der Waals surface area (Å²) in [5.41, 5.74) is 6.17. The largest absolute Gasteiger partial charge is 0.508 e. The molecule has 10 heteroatoms. The summed E-state index contributed by atoms with van der Waals surface area (Å²) >= 11 is 0. The van der Waals surface area contributed by atoms with Crippen molar-refractivity contribution in [1.82, 2.24) is 16.0 Å². The number of phenolic OH excluding ortho intramolecular Hbond substituents is 1. The summed E-state index contributed by atoms with van der Waals surface area (Å²) < 4.78 is 5.22. The van der Waals surface area contributed by atoms with Crippen LogP contribution in [0.25, 0.3) is 0 Å². The Hall–Kier alpha value is -3.14. The molecule has 0 unspecified atom stereocenters. The standard InChI is InChI=1S/C23H34N4O6/c1-12(2)9-17(27-23(32)19-18(33-19)22(31)25-11-13(3)4)21(30)26-16(20(24)29)10-14-5-7-15(28)8-6-14/h5-8,12-13,16-19,28H,9-11H2,1-4H3,(H2,24,29)(H,25,31)(H,26,30)(H,27,32)/t16-,17-,18-,19-/m0/s1.